The van der Waals surface area contributed by atoms with Crippen molar-refractivity contribution in [3.05, 3.63) is 0 Å². The van der Waals surface area contributed by atoms with Crippen molar-refractivity contribution in [2.45, 2.75) is 13.2 Å². The second kappa shape index (κ2) is 6.95. The SMILES string of the molecule is CCOC(CO)NCCN. The lowest BCUT2D eigenvalue weighted by Gasteiger charge is -2.14. The molecule has 4 nitrogen and oxygen atoms in total. The summed E-state index contributed by atoms with van der Waals surface area (Å²) in [5.41, 5.74) is 5.23. The van der Waals surface area contributed by atoms with Gasteiger partial charge in [-0.1, -0.05) is 0 Å². The van der Waals surface area contributed by atoms with Gasteiger partial charge in [-0.2, -0.15) is 0 Å². The Morgan fingerprint density at radius 2 is 2.40 bits per heavy atom. The van der Waals surface area contributed by atoms with Gasteiger partial charge in [0.2, 0.25) is 0 Å². The number of aliphatic hydroxyl groups excluding tert-OH is 1. The molecule has 0 aliphatic heterocycles. The van der Waals surface area contributed by atoms with Gasteiger partial charge in [0.25, 0.3) is 0 Å². The van der Waals surface area contributed by atoms with E-state index in [0.29, 0.717) is 19.7 Å². The summed E-state index contributed by atoms with van der Waals surface area (Å²) in [5.74, 6) is 0. The van der Waals surface area contributed by atoms with Crippen LogP contribution in [-0.4, -0.2) is 37.6 Å². The highest BCUT2D eigenvalue weighted by molar-refractivity contribution is 4.52. The highest BCUT2D eigenvalue weighted by atomic mass is 16.5. The largest absolute Gasteiger partial charge is 0.392 e. The van der Waals surface area contributed by atoms with Crippen LogP contribution in [0.5, 0.6) is 0 Å². The molecule has 10 heavy (non-hydrogen) atoms. The first-order valence-corrected chi connectivity index (χ1v) is 3.51. The Kier molecular flexibility index (Phi) is 6.84. The van der Waals surface area contributed by atoms with E-state index in [1.165, 1.54) is 0 Å². The minimum atomic E-state index is -0.256. The third kappa shape index (κ3) is 4.69. The van der Waals surface area contributed by atoms with Crippen LogP contribution in [0, 0.1) is 0 Å². The van der Waals surface area contributed by atoms with Crippen LogP contribution in [0.1, 0.15) is 6.92 Å². The molecule has 0 aromatic carbocycles. The van der Waals surface area contributed by atoms with Crippen LogP contribution in [0.15, 0.2) is 0 Å². The maximum atomic E-state index is 8.66. The molecule has 0 amide bonds. The molecule has 0 aliphatic rings. The third-order valence-electron chi connectivity index (χ3n) is 1.05. The molecule has 0 radical (unpaired) electrons. The molecule has 0 aromatic heterocycles. The molecule has 0 aliphatic carbocycles. The number of rotatable bonds is 6. The number of ether oxygens (including phenoxy) is 1. The van der Waals surface area contributed by atoms with Gasteiger partial charge in [0.05, 0.1) is 6.61 Å². The van der Waals surface area contributed by atoms with Crippen LogP contribution < -0.4 is 11.1 Å². The van der Waals surface area contributed by atoms with Gasteiger partial charge in [-0.15, -0.1) is 0 Å². The summed E-state index contributed by atoms with van der Waals surface area (Å²) in [5, 5.41) is 11.6. The quantitative estimate of drug-likeness (QED) is 0.418. The minimum Gasteiger partial charge on any atom is -0.392 e. The zero-order valence-electron chi connectivity index (χ0n) is 6.34. The van der Waals surface area contributed by atoms with Crippen molar-refractivity contribution in [1.29, 1.82) is 0 Å². The molecule has 1 atom stereocenters. The van der Waals surface area contributed by atoms with E-state index in [-0.39, 0.29) is 12.8 Å². The number of nitrogens with two attached hydrogens (primary N) is 1. The first-order chi connectivity index (χ1) is 4.85. The van der Waals surface area contributed by atoms with Crippen LogP contribution in [0.4, 0.5) is 0 Å². The van der Waals surface area contributed by atoms with Crippen molar-refractivity contribution in [3.63, 3.8) is 0 Å². The van der Waals surface area contributed by atoms with Crippen LogP contribution in [0.2, 0.25) is 0 Å². The van der Waals surface area contributed by atoms with Gasteiger partial charge in [-0.05, 0) is 6.92 Å². The fraction of sp³-hybridized carbons (Fsp3) is 1.00. The Morgan fingerprint density at radius 3 is 2.80 bits per heavy atom. The zero-order chi connectivity index (χ0) is 7.82. The smallest absolute Gasteiger partial charge is 0.131 e. The van der Waals surface area contributed by atoms with Crippen molar-refractivity contribution in [2.75, 3.05) is 26.3 Å². The first kappa shape index (κ1) is 9.84. The summed E-state index contributed by atoms with van der Waals surface area (Å²) in [6, 6.07) is 0. The maximum absolute atomic E-state index is 8.66. The van der Waals surface area contributed by atoms with Crippen LogP contribution in [0.3, 0.4) is 0 Å². The molecule has 1 unspecified atom stereocenters. The van der Waals surface area contributed by atoms with Crippen molar-refractivity contribution in [3.8, 4) is 0 Å². The van der Waals surface area contributed by atoms with Gasteiger partial charge < -0.3 is 15.6 Å². The molecular formula is C6H16N2O2. The molecule has 4 N–H and O–H groups in total. The van der Waals surface area contributed by atoms with Gasteiger partial charge in [0, 0.05) is 19.7 Å². The van der Waals surface area contributed by atoms with Crippen LogP contribution in [0.25, 0.3) is 0 Å². The molecular weight excluding hydrogens is 132 g/mol. The van der Waals surface area contributed by atoms with E-state index in [1.54, 1.807) is 0 Å². The molecule has 0 fully saturated rings. The van der Waals surface area contributed by atoms with E-state index in [1.807, 2.05) is 6.92 Å². The van der Waals surface area contributed by atoms with Crippen LogP contribution >= 0.6 is 0 Å². The lowest BCUT2D eigenvalue weighted by Crippen LogP contribution is -2.38. The number of hydrogen-bond acceptors (Lipinski definition) is 4. The highest BCUT2D eigenvalue weighted by Crippen LogP contribution is 1.83. The Labute approximate surface area is 61.4 Å². The normalized spacial score (nSPS) is 13.5. The van der Waals surface area contributed by atoms with E-state index in [9.17, 15) is 0 Å². The number of nitrogens with one attached hydrogen (secondary N) is 1. The van der Waals surface area contributed by atoms with E-state index in [4.69, 9.17) is 15.6 Å². The van der Waals surface area contributed by atoms with E-state index in [0.717, 1.165) is 0 Å². The molecule has 0 aromatic rings. The van der Waals surface area contributed by atoms with E-state index in [2.05, 4.69) is 5.32 Å². The lowest BCUT2D eigenvalue weighted by molar-refractivity contribution is -0.000702. The minimum absolute atomic E-state index is 0.00611. The van der Waals surface area contributed by atoms with Crippen molar-refractivity contribution in [1.82, 2.24) is 5.32 Å². The zero-order valence-corrected chi connectivity index (χ0v) is 6.34. The Bertz CT molecular complexity index is 70.8. The molecule has 0 rings (SSSR count). The van der Waals surface area contributed by atoms with Crippen molar-refractivity contribution < 1.29 is 9.84 Å². The summed E-state index contributed by atoms with van der Waals surface area (Å²) < 4.78 is 5.08. The van der Waals surface area contributed by atoms with Crippen LogP contribution in [-0.2, 0) is 4.74 Å². The fourth-order valence-corrected chi connectivity index (χ4v) is 0.622. The molecule has 0 heterocycles. The van der Waals surface area contributed by atoms with E-state index < -0.39 is 0 Å². The summed E-state index contributed by atoms with van der Waals surface area (Å²) in [6.45, 7) is 3.71. The topological polar surface area (TPSA) is 67.5 Å². The van der Waals surface area contributed by atoms with E-state index >= 15 is 0 Å². The average Bonchev–Trinajstić information content (AvgIpc) is 1.98. The number of hydrogen-bond donors (Lipinski definition) is 3. The van der Waals surface area contributed by atoms with Gasteiger partial charge in [0.1, 0.15) is 6.23 Å². The predicted octanol–water partition coefficient (Wildman–Crippen LogP) is -1.11. The second-order valence-electron chi connectivity index (χ2n) is 1.87. The molecule has 0 saturated heterocycles. The molecule has 4 heteroatoms. The summed E-state index contributed by atoms with van der Waals surface area (Å²) in [4.78, 5) is 0. The fourth-order valence-electron chi connectivity index (χ4n) is 0.622. The van der Waals surface area contributed by atoms with Gasteiger partial charge in [-0.25, -0.2) is 0 Å². The van der Waals surface area contributed by atoms with Gasteiger partial charge >= 0.3 is 0 Å². The summed E-state index contributed by atoms with van der Waals surface area (Å²) in [7, 11) is 0. The Hall–Kier alpha value is -0.160. The highest BCUT2D eigenvalue weighted by Gasteiger charge is 2.02. The monoisotopic (exact) mass is 148 g/mol. The maximum Gasteiger partial charge on any atom is 0.131 e. The Balaban J connectivity index is 3.21. The summed E-state index contributed by atoms with van der Waals surface area (Å²) in [6.07, 6.45) is -0.256. The summed E-state index contributed by atoms with van der Waals surface area (Å²) >= 11 is 0. The molecule has 0 bridgehead atoms. The van der Waals surface area contributed by atoms with Gasteiger partial charge in [-0.3, -0.25) is 5.32 Å². The third-order valence-corrected chi connectivity index (χ3v) is 1.05. The van der Waals surface area contributed by atoms with Crippen molar-refractivity contribution >= 4 is 0 Å². The van der Waals surface area contributed by atoms with Gasteiger partial charge in [0.15, 0.2) is 0 Å². The Morgan fingerprint density at radius 1 is 1.70 bits per heavy atom. The molecule has 0 saturated carbocycles. The van der Waals surface area contributed by atoms with Crippen molar-refractivity contribution in [2.24, 2.45) is 5.73 Å². The number of aliphatic hydroxyl groups is 1. The first-order valence-electron chi connectivity index (χ1n) is 3.51. The predicted molar refractivity (Wildman–Crippen MR) is 39.6 cm³/mol. The average molecular weight is 148 g/mol. The molecule has 62 valence electrons. The standard InChI is InChI=1S/C6H16N2O2/c1-2-10-6(5-9)8-4-3-7/h6,8-9H,2-5,7H2,1H3. The lowest BCUT2D eigenvalue weighted by atomic mass is 10.5. The second-order valence-corrected chi connectivity index (χ2v) is 1.87. The molecule has 0 spiro atoms.